The lowest BCUT2D eigenvalue weighted by atomic mass is 9.87. The van der Waals surface area contributed by atoms with Gasteiger partial charge in [-0.1, -0.05) is 23.7 Å². The molecule has 0 radical (unpaired) electrons. The zero-order valence-corrected chi connectivity index (χ0v) is 19.7. The summed E-state index contributed by atoms with van der Waals surface area (Å²) in [7, 11) is -3.54. The molecule has 1 aliphatic rings. The van der Waals surface area contributed by atoms with Crippen LogP contribution in [0.25, 0.3) is 11.0 Å². The number of piperidine rings is 1. The average Bonchev–Trinajstić information content (AvgIpc) is 3.26. The number of H-pyrrole nitrogens is 1. The molecule has 4 rings (SSSR count). The summed E-state index contributed by atoms with van der Waals surface area (Å²) in [5, 5.41) is 4.37. The number of fused-ring (bicyclic) bond motifs is 1. The summed E-state index contributed by atoms with van der Waals surface area (Å²) in [5.41, 5.74) is 6.75. The quantitative estimate of drug-likeness (QED) is 0.389. The Labute approximate surface area is 197 Å². The number of carbonyl (C=O) groups is 1. The Bertz CT molecular complexity index is 1240. The normalized spacial score (nSPS) is 17.1. The van der Waals surface area contributed by atoms with E-state index >= 15 is 0 Å². The lowest BCUT2D eigenvalue weighted by Gasteiger charge is -2.40. The second-order valence-electron chi connectivity index (χ2n) is 8.21. The van der Waals surface area contributed by atoms with Gasteiger partial charge in [-0.3, -0.25) is 9.69 Å². The molecule has 1 atom stereocenters. The van der Waals surface area contributed by atoms with Crippen LogP contribution in [0.3, 0.4) is 0 Å². The van der Waals surface area contributed by atoms with E-state index in [1.54, 1.807) is 36.5 Å². The molecule has 1 unspecified atom stereocenters. The summed E-state index contributed by atoms with van der Waals surface area (Å²) in [6.07, 6.45) is 5.03. The molecule has 0 spiro atoms. The molecule has 0 saturated carbocycles. The van der Waals surface area contributed by atoms with E-state index in [2.05, 4.69) is 25.0 Å². The number of nitrogens with two attached hydrogens (primary N) is 1. The Balaban J connectivity index is 1.88. The van der Waals surface area contributed by atoms with Crippen LogP contribution >= 0.6 is 11.6 Å². The minimum absolute atomic E-state index is 0.0730. The van der Waals surface area contributed by atoms with Crippen molar-refractivity contribution in [2.45, 2.75) is 24.4 Å². The smallest absolute Gasteiger partial charge is 0.248 e. The van der Waals surface area contributed by atoms with Gasteiger partial charge >= 0.3 is 0 Å². The van der Waals surface area contributed by atoms with Crippen molar-refractivity contribution in [3.63, 3.8) is 0 Å². The van der Waals surface area contributed by atoms with Crippen LogP contribution in [0.1, 0.15) is 24.4 Å². The molecule has 3 heterocycles. The van der Waals surface area contributed by atoms with Gasteiger partial charge in [0.2, 0.25) is 15.9 Å². The van der Waals surface area contributed by atoms with Crippen molar-refractivity contribution in [1.29, 1.82) is 0 Å². The molecule has 0 aliphatic carbocycles. The first-order valence-corrected chi connectivity index (χ1v) is 12.8. The number of benzene rings is 1. The number of amides is 1. The second-order valence-corrected chi connectivity index (χ2v) is 10.5. The lowest BCUT2D eigenvalue weighted by molar-refractivity contribution is -0.125. The van der Waals surface area contributed by atoms with Gasteiger partial charge in [-0.2, -0.15) is 0 Å². The number of carbonyl (C=O) groups excluding carboxylic acids is 1. The highest BCUT2D eigenvalue weighted by Gasteiger charge is 2.43. The second kappa shape index (κ2) is 9.35. The molecule has 33 heavy (non-hydrogen) atoms. The van der Waals surface area contributed by atoms with Crippen molar-refractivity contribution in [3.05, 3.63) is 53.4 Å². The first kappa shape index (κ1) is 23.6. The SMILES string of the molecule is CS(=O)(=O)NCC(c1ccc(Cl)cc1)N(C(=O)C1(N)CCNCC1)c1ncnc2[nH]ccc12. The van der Waals surface area contributed by atoms with Gasteiger partial charge in [0.15, 0.2) is 0 Å². The summed E-state index contributed by atoms with van der Waals surface area (Å²) in [5.74, 6) is 0.0188. The molecule has 10 nitrogen and oxygen atoms in total. The molecule has 12 heteroatoms. The van der Waals surface area contributed by atoms with Crippen LogP contribution < -0.4 is 20.7 Å². The van der Waals surface area contributed by atoms with Gasteiger partial charge in [-0.25, -0.2) is 23.1 Å². The molecule has 176 valence electrons. The number of sulfonamides is 1. The highest BCUT2D eigenvalue weighted by Crippen LogP contribution is 2.34. The molecule has 1 aromatic carbocycles. The van der Waals surface area contributed by atoms with E-state index in [0.29, 0.717) is 53.4 Å². The number of nitrogens with zero attached hydrogens (tertiary/aromatic N) is 3. The molecule has 0 bridgehead atoms. The van der Waals surface area contributed by atoms with Crippen molar-refractivity contribution < 1.29 is 13.2 Å². The summed E-state index contributed by atoms with van der Waals surface area (Å²) >= 11 is 6.09. The minimum Gasteiger partial charge on any atom is -0.346 e. The highest BCUT2D eigenvalue weighted by atomic mass is 35.5. The number of anilines is 1. The molecule has 1 fully saturated rings. The lowest BCUT2D eigenvalue weighted by Crippen LogP contribution is -2.61. The topological polar surface area (TPSA) is 146 Å². The number of aromatic nitrogens is 3. The van der Waals surface area contributed by atoms with Gasteiger partial charge in [0.1, 0.15) is 17.8 Å². The van der Waals surface area contributed by atoms with Gasteiger partial charge in [0.25, 0.3) is 0 Å². The maximum atomic E-state index is 14.1. The maximum absolute atomic E-state index is 14.1. The van der Waals surface area contributed by atoms with E-state index in [1.807, 2.05) is 0 Å². The number of hydrogen-bond donors (Lipinski definition) is 4. The molecule has 2 aromatic heterocycles. The largest absolute Gasteiger partial charge is 0.346 e. The molecule has 5 N–H and O–H groups in total. The monoisotopic (exact) mass is 491 g/mol. The fraction of sp³-hybridized carbons (Fsp3) is 0.381. The molecular formula is C21H26ClN7O3S. The van der Waals surface area contributed by atoms with E-state index in [9.17, 15) is 13.2 Å². The zero-order valence-electron chi connectivity index (χ0n) is 18.1. The van der Waals surface area contributed by atoms with Gasteiger partial charge in [0, 0.05) is 17.8 Å². The Morgan fingerprint density at radius 3 is 2.61 bits per heavy atom. The van der Waals surface area contributed by atoms with Crippen LogP contribution in [0, 0.1) is 0 Å². The van der Waals surface area contributed by atoms with Crippen LogP contribution in [-0.4, -0.2) is 60.7 Å². The molecule has 1 saturated heterocycles. The van der Waals surface area contributed by atoms with Gasteiger partial charge in [0.05, 0.1) is 23.2 Å². The predicted octanol–water partition coefficient (Wildman–Crippen LogP) is 1.32. The Hall–Kier alpha value is -2.57. The van der Waals surface area contributed by atoms with Crippen LogP contribution in [0.5, 0.6) is 0 Å². The van der Waals surface area contributed by atoms with Crippen molar-refractivity contribution in [2.75, 3.05) is 30.8 Å². The third-order valence-electron chi connectivity index (χ3n) is 5.81. The maximum Gasteiger partial charge on any atom is 0.248 e. The summed E-state index contributed by atoms with van der Waals surface area (Å²) in [4.78, 5) is 27.3. The van der Waals surface area contributed by atoms with Crippen molar-refractivity contribution in [1.82, 2.24) is 25.0 Å². The first-order valence-electron chi connectivity index (χ1n) is 10.5. The summed E-state index contributed by atoms with van der Waals surface area (Å²) in [6.45, 7) is 1.13. The van der Waals surface area contributed by atoms with Crippen molar-refractivity contribution in [2.24, 2.45) is 5.73 Å². The third-order valence-corrected chi connectivity index (χ3v) is 6.75. The summed E-state index contributed by atoms with van der Waals surface area (Å²) in [6, 6.07) is 7.96. The van der Waals surface area contributed by atoms with E-state index in [-0.39, 0.29) is 12.5 Å². The van der Waals surface area contributed by atoms with Crippen LogP contribution in [0.15, 0.2) is 42.9 Å². The van der Waals surface area contributed by atoms with Crippen molar-refractivity contribution >= 4 is 44.4 Å². The van der Waals surface area contributed by atoms with E-state index in [0.717, 1.165) is 6.26 Å². The zero-order chi connectivity index (χ0) is 23.6. The number of halogens is 1. The van der Waals surface area contributed by atoms with Gasteiger partial charge < -0.3 is 16.0 Å². The van der Waals surface area contributed by atoms with E-state index < -0.39 is 21.6 Å². The Kier molecular flexibility index (Phi) is 6.68. The third kappa shape index (κ3) is 5.17. The molecule has 1 aliphatic heterocycles. The number of hydrogen-bond acceptors (Lipinski definition) is 7. The highest BCUT2D eigenvalue weighted by molar-refractivity contribution is 7.88. The minimum atomic E-state index is -3.54. The Morgan fingerprint density at radius 1 is 1.24 bits per heavy atom. The summed E-state index contributed by atoms with van der Waals surface area (Å²) < 4.78 is 26.5. The van der Waals surface area contributed by atoms with Gasteiger partial charge in [-0.15, -0.1) is 0 Å². The number of aromatic amines is 1. The molecule has 1 amide bonds. The fourth-order valence-corrected chi connectivity index (χ4v) is 4.62. The van der Waals surface area contributed by atoms with Gasteiger partial charge in [-0.05, 0) is 49.7 Å². The van der Waals surface area contributed by atoms with Crippen LogP contribution in [-0.2, 0) is 14.8 Å². The molecular weight excluding hydrogens is 466 g/mol. The van der Waals surface area contributed by atoms with E-state index in [1.165, 1.54) is 11.2 Å². The average molecular weight is 492 g/mol. The van der Waals surface area contributed by atoms with Crippen molar-refractivity contribution in [3.8, 4) is 0 Å². The Morgan fingerprint density at radius 2 is 1.94 bits per heavy atom. The number of rotatable bonds is 7. The standard InChI is InChI=1S/C21H26ClN7O3S/c1-33(31,32)28-12-17(14-2-4-15(22)5-3-14)29(20(30)21(23)7-10-24-11-8-21)19-16-6-9-25-18(16)26-13-27-19/h2-6,9,13,17,24,28H,7-8,10-12,23H2,1H3,(H,25,26,27). The van der Waals surface area contributed by atoms with Crippen LogP contribution in [0.4, 0.5) is 5.82 Å². The predicted molar refractivity (Wildman–Crippen MR) is 127 cm³/mol. The number of nitrogens with one attached hydrogen (secondary N) is 3. The molecule has 3 aromatic rings. The first-order chi connectivity index (χ1) is 15.7. The van der Waals surface area contributed by atoms with Crippen LogP contribution in [0.2, 0.25) is 5.02 Å². The van der Waals surface area contributed by atoms with E-state index in [4.69, 9.17) is 17.3 Å². The fourth-order valence-electron chi connectivity index (χ4n) is 4.04.